The number of nitrogens with zero attached hydrogens (tertiary/aromatic N) is 2. The van der Waals surface area contributed by atoms with E-state index >= 15 is 0 Å². The highest BCUT2D eigenvalue weighted by atomic mass is 32.2. The topological polar surface area (TPSA) is 95.0 Å². The molecule has 2 aromatic carbocycles. The molecule has 0 unspecified atom stereocenters. The van der Waals surface area contributed by atoms with Crippen LogP contribution in [-0.4, -0.2) is 46.6 Å². The van der Waals surface area contributed by atoms with Gasteiger partial charge in [0.15, 0.2) is 0 Å². The molecule has 1 N–H and O–H groups in total. The van der Waals surface area contributed by atoms with Crippen LogP contribution in [0.25, 0.3) is 6.08 Å². The third-order valence-electron chi connectivity index (χ3n) is 4.20. The highest BCUT2D eigenvalue weighted by molar-refractivity contribution is 8.18. The van der Waals surface area contributed by atoms with E-state index in [1.54, 1.807) is 6.07 Å². The average molecular weight is 414 g/mol. The number of halogens is 1. The lowest BCUT2D eigenvalue weighted by molar-refractivity contribution is -0.128. The first-order chi connectivity index (χ1) is 13.8. The van der Waals surface area contributed by atoms with Crippen molar-refractivity contribution >= 4 is 46.5 Å². The lowest BCUT2D eigenvalue weighted by Gasteiger charge is -2.21. The summed E-state index contributed by atoms with van der Waals surface area (Å²) in [4.78, 5) is 50.7. The number of anilines is 1. The van der Waals surface area contributed by atoms with Crippen LogP contribution in [0.4, 0.5) is 14.9 Å². The van der Waals surface area contributed by atoms with Gasteiger partial charge in [-0.2, -0.15) is 0 Å². The van der Waals surface area contributed by atoms with E-state index in [9.17, 15) is 28.7 Å². The molecule has 0 spiro atoms. The Bertz CT molecular complexity index is 1040. The molecule has 1 heterocycles. The minimum absolute atomic E-state index is 0.0753. The van der Waals surface area contributed by atoms with E-state index in [4.69, 9.17) is 0 Å². The number of hydrogen-bond acceptors (Lipinski definition) is 5. The van der Waals surface area contributed by atoms with E-state index in [-0.39, 0.29) is 16.2 Å². The van der Waals surface area contributed by atoms with Crippen molar-refractivity contribution in [1.29, 1.82) is 0 Å². The van der Waals surface area contributed by atoms with Crippen LogP contribution in [0.5, 0.6) is 0 Å². The molecule has 1 fully saturated rings. The Morgan fingerprint density at radius 3 is 2.45 bits per heavy atom. The van der Waals surface area contributed by atoms with Crippen molar-refractivity contribution in [3.05, 3.63) is 70.4 Å². The Balaban J connectivity index is 1.77. The fourth-order valence-electron chi connectivity index (χ4n) is 2.67. The van der Waals surface area contributed by atoms with Gasteiger partial charge in [-0.25, -0.2) is 9.18 Å². The number of imide groups is 1. The SMILES string of the molecule is CN(C(=O)CN1C(=O)S/C(=C\c2ccc(F)cc2)C1=O)c1ccccc1C(=O)O. The van der Waals surface area contributed by atoms with Crippen LogP contribution < -0.4 is 4.90 Å². The van der Waals surface area contributed by atoms with Crippen molar-refractivity contribution in [3.8, 4) is 0 Å². The van der Waals surface area contributed by atoms with Gasteiger partial charge in [-0.15, -0.1) is 0 Å². The molecule has 1 aliphatic rings. The molecular formula is C20H15FN2O5S. The summed E-state index contributed by atoms with van der Waals surface area (Å²) in [6.45, 7) is -0.532. The number of rotatable bonds is 5. The second kappa shape index (κ2) is 8.27. The molecule has 3 rings (SSSR count). The Hall–Kier alpha value is -3.46. The van der Waals surface area contributed by atoms with Crippen LogP contribution in [-0.2, 0) is 9.59 Å². The summed E-state index contributed by atoms with van der Waals surface area (Å²) in [6, 6.07) is 11.3. The second-order valence-electron chi connectivity index (χ2n) is 6.09. The van der Waals surface area contributed by atoms with E-state index in [0.717, 1.165) is 9.80 Å². The highest BCUT2D eigenvalue weighted by Crippen LogP contribution is 2.32. The molecule has 0 aliphatic carbocycles. The summed E-state index contributed by atoms with van der Waals surface area (Å²) in [5.41, 5.74) is 0.614. The first kappa shape index (κ1) is 20.3. The summed E-state index contributed by atoms with van der Waals surface area (Å²) < 4.78 is 13.0. The van der Waals surface area contributed by atoms with E-state index < -0.39 is 35.4 Å². The molecule has 1 aliphatic heterocycles. The van der Waals surface area contributed by atoms with E-state index in [1.165, 1.54) is 55.6 Å². The maximum absolute atomic E-state index is 13.0. The smallest absolute Gasteiger partial charge is 0.337 e. The number of likely N-dealkylation sites (N-methyl/N-ethyl adjacent to an activating group) is 1. The number of carboxylic acids is 1. The minimum atomic E-state index is -1.20. The molecule has 7 nitrogen and oxygen atoms in total. The molecular weight excluding hydrogens is 399 g/mol. The normalized spacial score (nSPS) is 15.1. The molecule has 0 radical (unpaired) electrons. The summed E-state index contributed by atoms with van der Waals surface area (Å²) >= 11 is 0.678. The molecule has 9 heteroatoms. The van der Waals surface area contributed by atoms with Crippen molar-refractivity contribution < 1.29 is 28.7 Å². The zero-order valence-corrected chi connectivity index (χ0v) is 16.0. The van der Waals surface area contributed by atoms with Gasteiger partial charge < -0.3 is 10.0 Å². The maximum atomic E-state index is 13.0. The predicted molar refractivity (Wildman–Crippen MR) is 106 cm³/mol. The summed E-state index contributed by atoms with van der Waals surface area (Å²) in [7, 11) is 1.37. The fourth-order valence-corrected chi connectivity index (χ4v) is 3.51. The number of carboxylic acid groups (broad SMARTS) is 1. The van der Waals surface area contributed by atoms with Crippen LogP contribution in [0, 0.1) is 5.82 Å². The zero-order valence-electron chi connectivity index (χ0n) is 15.2. The number of carbonyl (C=O) groups is 4. The second-order valence-corrected chi connectivity index (χ2v) is 7.09. The monoisotopic (exact) mass is 414 g/mol. The number of benzene rings is 2. The van der Waals surface area contributed by atoms with Gasteiger partial charge in [0.25, 0.3) is 11.1 Å². The van der Waals surface area contributed by atoms with Gasteiger partial charge in [-0.3, -0.25) is 19.3 Å². The van der Waals surface area contributed by atoms with Gasteiger partial charge in [0.2, 0.25) is 5.91 Å². The Kier molecular flexibility index (Phi) is 5.79. The molecule has 1 saturated heterocycles. The van der Waals surface area contributed by atoms with Crippen molar-refractivity contribution in [1.82, 2.24) is 4.90 Å². The lowest BCUT2D eigenvalue weighted by Crippen LogP contribution is -2.41. The van der Waals surface area contributed by atoms with Gasteiger partial charge in [0.1, 0.15) is 12.4 Å². The van der Waals surface area contributed by atoms with E-state index in [2.05, 4.69) is 0 Å². The Morgan fingerprint density at radius 1 is 1.14 bits per heavy atom. The zero-order chi connectivity index (χ0) is 21.1. The van der Waals surface area contributed by atoms with Crippen molar-refractivity contribution in [2.75, 3.05) is 18.5 Å². The number of hydrogen-bond donors (Lipinski definition) is 1. The Labute approximate surface area is 169 Å². The molecule has 3 amide bonds. The number of thioether (sulfide) groups is 1. The minimum Gasteiger partial charge on any atom is -0.478 e. The number of para-hydroxylation sites is 1. The molecule has 0 saturated carbocycles. The molecule has 2 aromatic rings. The molecule has 148 valence electrons. The lowest BCUT2D eigenvalue weighted by atomic mass is 10.1. The third-order valence-corrected chi connectivity index (χ3v) is 5.11. The van der Waals surface area contributed by atoms with Crippen LogP contribution >= 0.6 is 11.8 Å². The summed E-state index contributed by atoms with van der Waals surface area (Å²) in [6.07, 6.45) is 1.44. The van der Waals surface area contributed by atoms with Gasteiger partial charge in [0.05, 0.1) is 16.2 Å². The fraction of sp³-hybridized carbons (Fsp3) is 0.100. The number of amides is 3. The van der Waals surface area contributed by atoms with Gasteiger partial charge in [-0.05, 0) is 47.7 Å². The Morgan fingerprint density at radius 2 is 1.79 bits per heavy atom. The molecule has 0 atom stereocenters. The number of aromatic carboxylic acids is 1. The number of carbonyl (C=O) groups excluding carboxylic acids is 3. The molecule has 29 heavy (non-hydrogen) atoms. The van der Waals surface area contributed by atoms with Crippen LogP contribution in [0.2, 0.25) is 0 Å². The standard InChI is InChI=1S/C20H15FN2O5S/c1-22(15-5-3-2-4-14(15)19(26)27)17(24)11-23-18(25)16(29-20(23)28)10-12-6-8-13(21)9-7-12/h2-10H,11H2,1H3,(H,26,27)/b16-10-. The van der Waals surface area contributed by atoms with Crippen molar-refractivity contribution in [2.45, 2.75) is 0 Å². The molecule has 0 bridgehead atoms. The van der Waals surface area contributed by atoms with Crippen molar-refractivity contribution in [2.24, 2.45) is 0 Å². The predicted octanol–water partition coefficient (Wildman–Crippen LogP) is 3.22. The van der Waals surface area contributed by atoms with E-state index in [1.807, 2.05) is 0 Å². The summed E-state index contributed by atoms with van der Waals surface area (Å²) in [5.74, 6) is -2.89. The first-order valence-corrected chi connectivity index (χ1v) is 9.19. The van der Waals surface area contributed by atoms with Gasteiger partial charge >= 0.3 is 5.97 Å². The molecule has 0 aromatic heterocycles. The third kappa shape index (κ3) is 4.35. The van der Waals surface area contributed by atoms with Gasteiger partial charge in [0, 0.05) is 7.05 Å². The highest BCUT2D eigenvalue weighted by Gasteiger charge is 2.37. The van der Waals surface area contributed by atoms with Crippen LogP contribution in [0.1, 0.15) is 15.9 Å². The quantitative estimate of drug-likeness (QED) is 0.755. The summed E-state index contributed by atoms with van der Waals surface area (Å²) in [5, 5.41) is 8.65. The average Bonchev–Trinajstić information content (AvgIpc) is 2.96. The largest absolute Gasteiger partial charge is 0.478 e. The van der Waals surface area contributed by atoms with E-state index in [0.29, 0.717) is 17.3 Å². The van der Waals surface area contributed by atoms with Gasteiger partial charge in [-0.1, -0.05) is 24.3 Å². The van der Waals surface area contributed by atoms with Crippen LogP contribution in [0.15, 0.2) is 53.4 Å². The van der Waals surface area contributed by atoms with Crippen molar-refractivity contribution in [3.63, 3.8) is 0 Å². The van der Waals surface area contributed by atoms with Crippen LogP contribution in [0.3, 0.4) is 0 Å². The maximum Gasteiger partial charge on any atom is 0.337 e. The first-order valence-electron chi connectivity index (χ1n) is 8.37.